The Labute approximate surface area is 105 Å². The van der Waals surface area contributed by atoms with Crippen LogP contribution in [0.25, 0.3) is 0 Å². The first-order valence-corrected chi connectivity index (χ1v) is 6.87. The Morgan fingerprint density at radius 3 is 2.53 bits per heavy atom. The van der Waals surface area contributed by atoms with E-state index in [2.05, 4.69) is 48.0 Å². The van der Waals surface area contributed by atoms with Gasteiger partial charge in [0.15, 0.2) is 0 Å². The summed E-state index contributed by atoms with van der Waals surface area (Å²) in [5.41, 5.74) is 7.20. The molecule has 0 bridgehead atoms. The van der Waals surface area contributed by atoms with Crippen molar-refractivity contribution in [1.82, 2.24) is 0 Å². The Kier molecular flexibility index (Phi) is 5.16. The number of halogens is 1. The van der Waals surface area contributed by atoms with Gasteiger partial charge in [0.2, 0.25) is 0 Å². The molecule has 0 saturated heterocycles. The molecule has 1 aromatic rings. The minimum atomic E-state index is 0.214. The van der Waals surface area contributed by atoms with Crippen LogP contribution < -0.4 is 5.73 Å². The lowest BCUT2D eigenvalue weighted by atomic mass is 10.1. The summed E-state index contributed by atoms with van der Waals surface area (Å²) in [6.45, 7) is 6.47. The molecular weight excluding hydrogens is 270 g/mol. The highest BCUT2D eigenvalue weighted by molar-refractivity contribution is 9.10. The molecule has 0 saturated carbocycles. The van der Waals surface area contributed by atoms with Gasteiger partial charge in [-0.3, -0.25) is 0 Å². The van der Waals surface area contributed by atoms with E-state index in [1.807, 2.05) is 18.7 Å². The lowest BCUT2D eigenvalue weighted by Gasteiger charge is -2.13. The normalized spacial score (nSPS) is 13.2. The zero-order chi connectivity index (χ0) is 11.4. The van der Waals surface area contributed by atoms with E-state index in [1.54, 1.807) is 0 Å². The van der Waals surface area contributed by atoms with Crippen LogP contribution in [0.15, 0.2) is 27.6 Å². The van der Waals surface area contributed by atoms with E-state index in [0.717, 1.165) is 10.9 Å². The Morgan fingerprint density at radius 2 is 2.00 bits per heavy atom. The van der Waals surface area contributed by atoms with Crippen LogP contribution in [0.4, 0.5) is 0 Å². The minimum Gasteiger partial charge on any atom is -0.328 e. The second-order valence-electron chi connectivity index (χ2n) is 4.10. The third-order valence-corrected chi connectivity index (χ3v) is 3.54. The van der Waals surface area contributed by atoms with Gasteiger partial charge in [-0.05, 0) is 37.1 Å². The van der Waals surface area contributed by atoms with E-state index in [-0.39, 0.29) is 6.04 Å². The highest BCUT2D eigenvalue weighted by atomic mass is 79.9. The smallest absolute Gasteiger partial charge is 0.0178 e. The first-order valence-electron chi connectivity index (χ1n) is 5.19. The van der Waals surface area contributed by atoms with Crippen molar-refractivity contribution in [3.05, 3.63) is 28.2 Å². The van der Waals surface area contributed by atoms with Crippen LogP contribution in [0.3, 0.4) is 0 Å². The topological polar surface area (TPSA) is 26.0 Å². The molecule has 0 aliphatic carbocycles. The average molecular weight is 288 g/mol. The molecular formula is C12H18BrNS. The van der Waals surface area contributed by atoms with Crippen molar-refractivity contribution in [2.24, 2.45) is 5.73 Å². The first-order chi connectivity index (χ1) is 6.99. The fourth-order valence-corrected chi connectivity index (χ4v) is 2.78. The summed E-state index contributed by atoms with van der Waals surface area (Å²) in [7, 11) is 0. The van der Waals surface area contributed by atoms with Crippen LogP contribution in [0, 0.1) is 0 Å². The Hall–Kier alpha value is 0.01000. The minimum absolute atomic E-state index is 0.214. The van der Waals surface area contributed by atoms with Crippen molar-refractivity contribution in [3.63, 3.8) is 0 Å². The van der Waals surface area contributed by atoms with Crippen LogP contribution >= 0.6 is 27.7 Å². The van der Waals surface area contributed by atoms with Crippen LogP contribution in [-0.2, 0) is 6.42 Å². The molecule has 3 heteroatoms. The summed E-state index contributed by atoms with van der Waals surface area (Å²) in [6.07, 6.45) is 0.939. The third-order valence-electron chi connectivity index (χ3n) is 1.93. The van der Waals surface area contributed by atoms with Crippen molar-refractivity contribution in [1.29, 1.82) is 0 Å². The molecule has 15 heavy (non-hydrogen) atoms. The van der Waals surface area contributed by atoms with Crippen LogP contribution in [0.5, 0.6) is 0 Å². The molecule has 84 valence electrons. The van der Waals surface area contributed by atoms with E-state index in [4.69, 9.17) is 5.73 Å². The van der Waals surface area contributed by atoms with Crippen molar-refractivity contribution < 1.29 is 0 Å². The molecule has 0 spiro atoms. The molecule has 0 aromatic heterocycles. The largest absolute Gasteiger partial charge is 0.328 e. The van der Waals surface area contributed by atoms with Crippen molar-refractivity contribution in [3.8, 4) is 0 Å². The van der Waals surface area contributed by atoms with E-state index in [9.17, 15) is 0 Å². The fraction of sp³-hybridized carbons (Fsp3) is 0.500. The molecule has 1 rings (SSSR count). The predicted molar refractivity (Wildman–Crippen MR) is 72.5 cm³/mol. The lowest BCUT2D eigenvalue weighted by Crippen LogP contribution is -2.18. The summed E-state index contributed by atoms with van der Waals surface area (Å²) in [5.74, 6) is 0. The predicted octanol–water partition coefficient (Wildman–Crippen LogP) is 3.84. The SMILES string of the molecule is CC(N)Cc1cc(Br)ccc1SC(C)C. The number of hydrogen-bond donors (Lipinski definition) is 1. The van der Waals surface area contributed by atoms with E-state index >= 15 is 0 Å². The van der Waals surface area contributed by atoms with Gasteiger partial charge < -0.3 is 5.73 Å². The quantitative estimate of drug-likeness (QED) is 0.852. The van der Waals surface area contributed by atoms with Gasteiger partial charge in [0.1, 0.15) is 0 Å². The number of rotatable bonds is 4. The number of thioether (sulfide) groups is 1. The highest BCUT2D eigenvalue weighted by Crippen LogP contribution is 2.29. The maximum Gasteiger partial charge on any atom is 0.0178 e. The average Bonchev–Trinajstić information content (AvgIpc) is 2.08. The second-order valence-corrected chi connectivity index (χ2v) is 6.63. The molecule has 0 aliphatic rings. The van der Waals surface area contributed by atoms with Gasteiger partial charge >= 0.3 is 0 Å². The second kappa shape index (κ2) is 5.92. The standard InChI is InChI=1S/C12H18BrNS/c1-8(2)15-12-5-4-11(13)7-10(12)6-9(3)14/h4-5,7-9H,6,14H2,1-3H3. The van der Waals surface area contributed by atoms with Gasteiger partial charge in [-0.2, -0.15) is 0 Å². The molecule has 1 unspecified atom stereocenters. The Balaban J connectivity index is 2.92. The maximum absolute atomic E-state index is 5.85. The van der Waals surface area contributed by atoms with E-state index < -0.39 is 0 Å². The monoisotopic (exact) mass is 287 g/mol. The molecule has 0 fully saturated rings. The molecule has 0 aliphatic heterocycles. The Morgan fingerprint density at radius 1 is 1.33 bits per heavy atom. The summed E-state index contributed by atoms with van der Waals surface area (Å²) in [5, 5.41) is 0.609. The molecule has 1 nitrogen and oxygen atoms in total. The number of hydrogen-bond acceptors (Lipinski definition) is 2. The third kappa shape index (κ3) is 4.58. The van der Waals surface area contributed by atoms with Crippen LogP contribution in [-0.4, -0.2) is 11.3 Å². The zero-order valence-electron chi connectivity index (χ0n) is 9.46. The molecule has 2 N–H and O–H groups in total. The fourth-order valence-electron chi connectivity index (χ4n) is 1.42. The zero-order valence-corrected chi connectivity index (χ0v) is 11.9. The number of benzene rings is 1. The maximum atomic E-state index is 5.85. The van der Waals surface area contributed by atoms with Gasteiger partial charge in [0.25, 0.3) is 0 Å². The van der Waals surface area contributed by atoms with E-state index in [1.165, 1.54) is 10.5 Å². The van der Waals surface area contributed by atoms with Crippen molar-refractivity contribution in [2.45, 2.75) is 43.4 Å². The molecule has 1 atom stereocenters. The van der Waals surface area contributed by atoms with Gasteiger partial charge in [-0.25, -0.2) is 0 Å². The highest BCUT2D eigenvalue weighted by Gasteiger charge is 2.07. The van der Waals surface area contributed by atoms with Gasteiger partial charge in [-0.15, -0.1) is 11.8 Å². The molecule has 0 amide bonds. The lowest BCUT2D eigenvalue weighted by molar-refractivity contribution is 0.729. The summed E-state index contributed by atoms with van der Waals surface area (Å²) in [4.78, 5) is 1.35. The summed E-state index contributed by atoms with van der Waals surface area (Å²) < 4.78 is 1.13. The molecule has 0 radical (unpaired) electrons. The van der Waals surface area contributed by atoms with E-state index in [0.29, 0.717) is 5.25 Å². The summed E-state index contributed by atoms with van der Waals surface area (Å²) >= 11 is 5.40. The summed E-state index contributed by atoms with van der Waals surface area (Å²) in [6, 6.07) is 6.65. The van der Waals surface area contributed by atoms with Crippen molar-refractivity contribution in [2.75, 3.05) is 0 Å². The Bertz CT molecular complexity index is 323. The molecule has 0 heterocycles. The molecule has 1 aromatic carbocycles. The van der Waals surface area contributed by atoms with Crippen LogP contribution in [0.1, 0.15) is 26.3 Å². The van der Waals surface area contributed by atoms with Gasteiger partial charge in [-0.1, -0.05) is 29.8 Å². The van der Waals surface area contributed by atoms with Crippen molar-refractivity contribution >= 4 is 27.7 Å². The van der Waals surface area contributed by atoms with Gasteiger partial charge in [0, 0.05) is 20.7 Å². The van der Waals surface area contributed by atoms with Gasteiger partial charge in [0.05, 0.1) is 0 Å². The number of nitrogens with two attached hydrogens (primary N) is 1. The van der Waals surface area contributed by atoms with Crippen LogP contribution in [0.2, 0.25) is 0 Å². The first kappa shape index (κ1) is 13.1.